The molecule has 6 nitrogen and oxygen atoms in total. The Morgan fingerprint density at radius 3 is 2.71 bits per heavy atom. The molecule has 0 aliphatic heterocycles. The van der Waals surface area contributed by atoms with Gasteiger partial charge in [0.15, 0.2) is 0 Å². The minimum atomic E-state index is -0.939. The molecular formula is C11H20N4O2. The molecule has 0 amide bonds. The van der Waals surface area contributed by atoms with Crippen molar-refractivity contribution in [3.8, 4) is 0 Å². The highest BCUT2D eigenvalue weighted by Crippen LogP contribution is 2.18. The molecule has 0 spiro atoms. The third-order valence-electron chi connectivity index (χ3n) is 2.51. The van der Waals surface area contributed by atoms with Gasteiger partial charge in [-0.2, -0.15) is 5.10 Å². The number of aromatic carboxylic acids is 1. The molecule has 1 aromatic heterocycles. The van der Waals surface area contributed by atoms with Gasteiger partial charge in [0.05, 0.1) is 5.69 Å². The predicted octanol–water partition coefficient (Wildman–Crippen LogP) is 0.790. The molecule has 0 aliphatic rings. The summed E-state index contributed by atoms with van der Waals surface area (Å²) >= 11 is 0. The van der Waals surface area contributed by atoms with Crippen molar-refractivity contribution in [1.82, 2.24) is 14.7 Å². The zero-order chi connectivity index (χ0) is 13.0. The van der Waals surface area contributed by atoms with Gasteiger partial charge in [-0.1, -0.05) is 0 Å². The number of anilines is 1. The van der Waals surface area contributed by atoms with Gasteiger partial charge in [-0.3, -0.25) is 4.68 Å². The Balaban J connectivity index is 2.67. The predicted molar refractivity (Wildman–Crippen MR) is 66.6 cm³/mol. The van der Waals surface area contributed by atoms with Crippen LogP contribution in [0.3, 0.4) is 0 Å². The minimum Gasteiger partial charge on any atom is -0.477 e. The first-order chi connectivity index (χ1) is 7.93. The van der Waals surface area contributed by atoms with Crippen molar-refractivity contribution >= 4 is 11.8 Å². The van der Waals surface area contributed by atoms with E-state index in [4.69, 9.17) is 5.11 Å². The van der Waals surface area contributed by atoms with Crippen molar-refractivity contribution in [1.29, 1.82) is 0 Å². The maximum absolute atomic E-state index is 11.1. The van der Waals surface area contributed by atoms with E-state index in [9.17, 15) is 4.79 Å². The van der Waals surface area contributed by atoms with Gasteiger partial charge in [0.2, 0.25) is 0 Å². The average molecular weight is 240 g/mol. The number of nitrogens with one attached hydrogen (secondary N) is 1. The number of aryl methyl sites for hydroxylation is 2. The maximum atomic E-state index is 11.1. The van der Waals surface area contributed by atoms with Gasteiger partial charge in [0, 0.05) is 13.6 Å². The quantitative estimate of drug-likeness (QED) is 0.719. The Morgan fingerprint density at radius 1 is 1.53 bits per heavy atom. The molecule has 1 heterocycles. The third-order valence-corrected chi connectivity index (χ3v) is 2.51. The molecule has 0 atom stereocenters. The van der Waals surface area contributed by atoms with Gasteiger partial charge in [-0.25, -0.2) is 4.79 Å². The summed E-state index contributed by atoms with van der Waals surface area (Å²) in [5.74, 6) is -0.362. The third kappa shape index (κ3) is 3.45. The smallest absolute Gasteiger partial charge is 0.341 e. The monoisotopic (exact) mass is 240 g/mol. The number of aromatic nitrogens is 2. The highest BCUT2D eigenvalue weighted by Gasteiger charge is 2.18. The van der Waals surface area contributed by atoms with E-state index in [2.05, 4.69) is 15.3 Å². The summed E-state index contributed by atoms with van der Waals surface area (Å²) in [4.78, 5) is 13.2. The van der Waals surface area contributed by atoms with Crippen LogP contribution in [0, 0.1) is 6.92 Å². The van der Waals surface area contributed by atoms with Crippen LogP contribution in [0.4, 0.5) is 5.82 Å². The molecule has 96 valence electrons. The molecule has 0 fully saturated rings. The van der Waals surface area contributed by atoms with Gasteiger partial charge in [-0.05, 0) is 34.0 Å². The first-order valence-electron chi connectivity index (χ1n) is 5.59. The second-order valence-corrected chi connectivity index (χ2v) is 4.32. The first kappa shape index (κ1) is 13.5. The van der Waals surface area contributed by atoms with E-state index >= 15 is 0 Å². The van der Waals surface area contributed by atoms with Crippen LogP contribution in [-0.2, 0) is 7.05 Å². The lowest BCUT2D eigenvalue weighted by molar-refractivity contribution is 0.0697. The number of carboxylic acid groups (broad SMARTS) is 1. The van der Waals surface area contributed by atoms with E-state index in [1.54, 1.807) is 18.7 Å². The minimum absolute atomic E-state index is 0.261. The van der Waals surface area contributed by atoms with Crippen LogP contribution in [0.1, 0.15) is 22.5 Å². The Kier molecular flexibility index (Phi) is 4.51. The number of carbonyl (C=O) groups is 1. The van der Waals surface area contributed by atoms with Gasteiger partial charge in [0.1, 0.15) is 11.4 Å². The fraction of sp³-hybridized carbons (Fsp3) is 0.636. The molecule has 17 heavy (non-hydrogen) atoms. The Morgan fingerprint density at radius 2 is 2.18 bits per heavy atom. The molecule has 1 aromatic rings. The number of carboxylic acids is 1. The molecule has 0 radical (unpaired) electrons. The number of nitrogens with zero attached hydrogens (tertiary/aromatic N) is 3. The number of hydrogen-bond acceptors (Lipinski definition) is 4. The average Bonchev–Trinajstić information content (AvgIpc) is 2.48. The van der Waals surface area contributed by atoms with E-state index in [1.165, 1.54) is 0 Å². The summed E-state index contributed by atoms with van der Waals surface area (Å²) in [7, 11) is 5.77. The molecule has 0 saturated heterocycles. The molecule has 0 aromatic carbocycles. The molecule has 6 heteroatoms. The van der Waals surface area contributed by atoms with Gasteiger partial charge in [0.25, 0.3) is 0 Å². The molecule has 0 aliphatic carbocycles. The fourth-order valence-corrected chi connectivity index (χ4v) is 1.72. The molecular weight excluding hydrogens is 220 g/mol. The Labute approximate surface area is 101 Å². The van der Waals surface area contributed by atoms with Crippen molar-refractivity contribution in [3.05, 3.63) is 11.3 Å². The van der Waals surface area contributed by atoms with E-state index in [0.29, 0.717) is 11.5 Å². The van der Waals surface area contributed by atoms with Crippen LogP contribution < -0.4 is 5.32 Å². The lowest BCUT2D eigenvalue weighted by Crippen LogP contribution is -2.18. The number of hydrogen-bond donors (Lipinski definition) is 2. The van der Waals surface area contributed by atoms with Crippen LogP contribution >= 0.6 is 0 Å². The zero-order valence-corrected chi connectivity index (χ0v) is 10.8. The summed E-state index contributed by atoms with van der Waals surface area (Å²) < 4.78 is 1.58. The largest absolute Gasteiger partial charge is 0.477 e. The Bertz CT molecular complexity index is 398. The second kappa shape index (κ2) is 5.67. The van der Waals surface area contributed by atoms with Crippen molar-refractivity contribution in [2.45, 2.75) is 13.3 Å². The van der Waals surface area contributed by atoms with Crippen LogP contribution in [-0.4, -0.2) is 52.9 Å². The van der Waals surface area contributed by atoms with E-state index in [-0.39, 0.29) is 5.56 Å². The summed E-state index contributed by atoms with van der Waals surface area (Å²) in [6.45, 7) is 3.40. The summed E-state index contributed by atoms with van der Waals surface area (Å²) in [6.07, 6.45) is 0.955. The van der Waals surface area contributed by atoms with Crippen molar-refractivity contribution in [2.24, 2.45) is 7.05 Å². The van der Waals surface area contributed by atoms with Crippen LogP contribution in [0.5, 0.6) is 0 Å². The SMILES string of the molecule is Cc1nn(C)c(NCCCN(C)C)c1C(=O)O. The molecule has 0 saturated carbocycles. The Hall–Kier alpha value is -1.56. The van der Waals surface area contributed by atoms with Crippen LogP contribution in [0.15, 0.2) is 0 Å². The summed E-state index contributed by atoms with van der Waals surface area (Å²) in [5, 5.41) is 16.3. The molecule has 2 N–H and O–H groups in total. The van der Waals surface area contributed by atoms with Crippen LogP contribution in [0.2, 0.25) is 0 Å². The van der Waals surface area contributed by atoms with E-state index in [0.717, 1.165) is 19.5 Å². The fourth-order valence-electron chi connectivity index (χ4n) is 1.72. The van der Waals surface area contributed by atoms with Gasteiger partial charge >= 0.3 is 5.97 Å². The van der Waals surface area contributed by atoms with Crippen molar-refractivity contribution in [2.75, 3.05) is 32.5 Å². The van der Waals surface area contributed by atoms with Gasteiger partial charge < -0.3 is 15.3 Å². The second-order valence-electron chi connectivity index (χ2n) is 4.32. The van der Waals surface area contributed by atoms with Gasteiger partial charge in [-0.15, -0.1) is 0 Å². The summed E-state index contributed by atoms with van der Waals surface area (Å²) in [6, 6.07) is 0. The normalized spacial score (nSPS) is 10.9. The van der Waals surface area contributed by atoms with E-state index < -0.39 is 5.97 Å². The zero-order valence-electron chi connectivity index (χ0n) is 10.8. The first-order valence-corrected chi connectivity index (χ1v) is 5.59. The highest BCUT2D eigenvalue weighted by atomic mass is 16.4. The van der Waals surface area contributed by atoms with E-state index in [1.807, 2.05) is 14.1 Å². The lowest BCUT2D eigenvalue weighted by Gasteiger charge is -2.11. The molecule has 0 bridgehead atoms. The number of rotatable bonds is 6. The van der Waals surface area contributed by atoms with Crippen molar-refractivity contribution in [3.63, 3.8) is 0 Å². The highest BCUT2D eigenvalue weighted by molar-refractivity contribution is 5.94. The standard InChI is InChI=1S/C11H20N4O2/c1-8-9(11(16)17)10(15(4)13-8)12-6-5-7-14(2)3/h12H,5-7H2,1-4H3,(H,16,17). The maximum Gasteiger partial charge on any atom is 0.341 e. The topological polar surface area (TPSA) is 70.4 Å². The molecule has 0 unspecified atom stereocenters. The van der Waals surface area contributed by atoms with Crippen molar-refractivity contribution < 1.29 is 9.90 Å². The van der Waals surface area contributed by atoms with Crippen LogP contribution in [0.25, 0.3) is 0 Å². The molecule has 1 rings (SSSR count). The lowest BCUT2D eigenvalue weighted by atomic mass is 10.2. The summed E-state index contributed by atoms with van der Waals surface area (Å²) in [5.41, 5.74) is 0.799.